The molecule has 122 valence electrons. The molecule has 0 spiro atoms. The van der Waals surface area contributed by atoms with Gasteiger partial charge in [0.25, 0.3) is 5.91 Å². The fourth-order valence-corrected chi connectivity index (χ4v) is 2.61. The van der Waals surface area contributed by atoms with Gasteiger partial charge in [0.2, 0.25) is 0 Å². The van der Waals surface area contributed by atoms with Crippen molar-refractivity contribution in [2.45, 2.75) is 13.2 Å². The Morgan fingerprint density at radius 1 is 1.09 bits per heavy atom. The van der Waals surface area contributed by atoms with Gasteiger partial charge in [-0.25, -0.2) is 0 Å². The van der Waals surface area contributed by atoms with Crippen LogP contribution in [-0.2, 0) is 17.9 Å². The maximum Gasteiger partial charge on any atom is 0.251 e. The van der Waals surface area contributed by atoms with E-state index in [4.69, 9.17) is 32.7 Å². The first-order valence-electron chi connectivity index (χ1n) is 6.93. The monoisotopic (exact) mass is 353 g/mol. The second kappa shape index (κ2) is 8.20. The summed E-state index contributed by atoms with van der Waals surface area (Å²) in [5, 5.41) is 3.91. The average Bonchev–Trinajstić information content (AvgIpc) is 2.54. The lowest BCUT2D eigenvalue weighted by atomic mass is 10.1. The summed E-state index contributed by atoms with van der Waals surface area (Å²) < 4.78 is 10.4. The number of nitrogens with one attached hydrogen (secondary N) is 1. The molecule has 2 aromatic carbocycles. The number of halogens is 2. The van der Waals surface area contributed by atoms with Gasteiger partial charge < -0.3 is 14.8 Å². The van der Waals surface area contributed by atoms with Crippen molar-refractivity contribution in [2.75, 3.05) is 14.2 Å². The van der Waals surface area contributed by atoms with E-state index in [2.05, 4.69) is 5.32 Å². The predicted molar refractivity (Wildman–Crippen MR) is 91.3 cm³/mol. The van der Waals surface area contributed by atoms with Crippen LogP contribution in [0.1, 0.15) is 21.5 Å². The molecule has 0 aliphatic carbocycles. The normalized spacial score (nSPS) is 10.4. The molecule has 0 bridgehead atoms. The maximum absolute atomic E-state index is 12.3. The lowest BCUT2D eigenvalue weighted by Gasteiger charge is -2.11. The minimum absolute atomic E-state index is 0.198. The van der Waals surface area contributed by atoms with E-state index in [1.54, 1.807) is 50.6 Å². The van der Waals surface area contributed by atoms with E-state index in [0.717, 1.165) is 11.1 Å². The van der Waals surface area contributed by atoms with Crippen LogP contribution in [0.25, 0.3) is 0 Å². The molecule has 2 rings (SSSR count). The van der Waals surface area contributed by atoms with Crippen molar-refractivity contribution in [3.63, 3.8) is 0 Å². The van der Waals surface area contributed by atoms with Crippen molar-refractivity contribution in [2.24, 2.45) is 0 Å². The summed E-state index contributed by atoms with van der Waals surface area (Å²) in [6.45, 7) is 0.688. The molecule has 0 fully saturated rings. The Morgan fingerprint density at radius 3 is 2.52 bits per heavy atom. The molecule has 0 aliphatic rings. The Labute approximate surface area is 145 Å². The Morgan fingerprint density at radius 2 is 1.87 bits per heavy atom. The highest BCUT2D eigenvalue weighted by atomic mass is 35.5. The number of methoxy groups -OCH3 is 2. The number of hydrogen-bond donors (Lipinski definition) is 1. The molecule has 0 atom stereocenters. The zero-order valence-corrected chi connectivity index (χ0v) is 14.4. The number of carbonyl (C=O) groups excluding carboxylic acids is 1. The molecule has 0 heterocycles. The number of rotatable bonds is 6. The summed E-state index contributed by atoms with van der Waals surface area (Å²) in [5.74, 6) is 0.486. The highest BCUT2D eigenvalue weighted by molar-refractivity contribution is 6.35. The maximum atomic E-state index is 12.3. The first-order valence-corrected chi connectivity index (χ1v) is 7.68. The zero-order chi connectivity index (χ0) is 16.8. The molecular formula is C17H17Cl2NO3. The minimum Gasteiger partial charge on any atom is -0.496 e. The molecular weight excluding hydrogens is 337 g/mol. The molecule has 0 saturated carbocycles. The van der Waals surface area contributed by atoms with Crippen molar-refractivity contribution in [1.82, 2.24) is 5.32 Å². The van der Waals surface area contributed by atoms with Gasteiger partial charge in [-0.15, -0.1) is 0 Å². The topological polar surface area (TPSA) is 47.6 Å². The molecule has 0 unspecified atom stereocenters. The summed E-state index contributed by atoms with van der Waals surface area (Å²) in [4.78, 5) is 12.3. The lowest BCUT2D eigenvalue weighted by Crippen LogP contribution is -2.23. The van der Waals surface area contributed by atoms with Crippen LogP contribution >= 0.6 is 23.2 Å². The van der Waals surface area contributed by atoms with E-state index in [0.29, 0.717) is 34.5 Å². The highest BCUT2D eigenvalue weighted by Crippen LogP contribution is 2.22. The minimum atomic E-state index is -0.198. The van der Waals surface area contributed by atoms with Crippen LogP contribution < -0.4 is 10.1 Å². The van der Waals surface area contributed by atoms with Gasteiger partial charge in [0, 0.05) is 34.8 Å². The van der Waals surface area contributed by atoms with Crippen LogP contribution in [0.3, 0.4) is 0 Å². The summed E-state index contributed by atoms with van der Waals surface area (Å²) in [6, 6.07) is 10.4. The molecule has 0 aromatic heterocycles. The van der Waals surface area contributed by atoms with Crippen LogP contribution in [0.15, 0.2) is 36.4 Å². The third-order valence-electron chi connectivity index (χ3n) is 3.30. The smallest absolute Gasteiger partial charge is 0.251 e. The molecule has 23 heavy (non-hydrogen) atoms. The number of hydrogen-bond acceptors (Lipinski definition) is 3. The van der Waals surface area contributed by atoms with Crippen LogP contribution in [0.4, 0.5) is 0 Å². The summed E-state index contributed by atoms with van der Waals surface area (Å²) in [6.07, 6.45) is 0. The predicted octanol–water partition coefficient (Wildman–Crippen LogP) is 4.08. The Balaban J connectivity index is 2.09. The van der Waals surface area contributed by atoms with Crippen LogP contribution in [-0.4, -0.2) is 20.1 Å². The van der Waals surface area contributed by atoms with Gasteiger partial charge in [0.1, 0.15) is 5.75 Å². The molecule has 0 saturated heterocycles. The number of benzene rings is 2. The van der Waals surface area contributed by atoms with Crippen LogP contribution in [0, 0.1) is 0 Å². The third-order valence-corrected chi connectivity index (χ3v) is 3.88. The fraction of sp³-hybridized carbons (Fsp3) is 0.235. The van der Waals surface area contributed by atoms with Gasteiger partial charge in [-0.1, -0.05) is 29.3 Å². The lowest BCUT2D eigenvalue weighted by molar-refractivity contribution is 0.0950. The van der Waals surface area contributed by atoms with Crippen molar-refractivity contribution in [3.8, 4) is 5.75 Å². The van der Waals surface area contributed by atoms with Crippen LogP contribution in [0.5, 0.6) is 5.75 Å². The largest absolute Gasteiger partial charge is 0.496 e. The average molecular weight is 354 g/mol. The summed E-state index contributed by atoms with van der Waals surface area (Å²) >= 11 is 12.0. The zero-order valence-electron chi connectivity index (χ0n) is 12.9. The van der Waals surface area contributed by atoms with E-state index in [9.17, 15) is 4.79 Å². The van der Waals surface area contributed by atoms with Gasteiger partial charge in [-0.3, -0.25) is 4.79 Å². The number of amides is 1. The molecule has 1 amide bonds. The Hall–Kier alpha value is -1.75. The van der Waals surface area contributed by atoms with Gasteiger partial charge in [-0.05, 0) is 35.9 Å². The van der Waals surface area contributed by atoms with E-state index < -0.39 is 0 Å². The van der Waals surface area contributed by atoms with Gasteiger partial charge in [-0.2, -0.15) is 0 Å². The SMILES string of the molecule is COCc1cc(C(=O)NCc2ccc(Cl)cc2Cl)ccc1OC. The molecule has 1 N–H and O–H groups in total. The quantitative estimate of drug-likeness (QED) is 0.850. The molecule has 0 radical (unpaired) electrons. The van der Waals surface area contributed by atoms with Gasteiger partial charge in [0.15, 0.2) is 0 Å². The summed E-state index contributed by atoms with van der Waals surface area (Å²) in [5.41, 5.74) is 2.14. The van der Waals surface area contributed by atoms with Crippen LogP contribution in [0.2, 0.25) is 10.0 Å². The third kappa shape index (κ3) is 4.61. The van der Waals surface area contributed by atoms with Gasteiger partial charge in [0.05, 0.1) is 13.7 Å². The Bertz CT molecular complexity index is 704. The van der Waals surface area contributed by atoms with Crippen molar-refractivity contribution < 1.29 is 14.3 Å². The standard InChI is InChI=1S/C17H17Cl2NO3/c1-22-10-13-7-11(4-6-16(13)23-2)17(21)20-9-12-3-5-14(18)8-15(12)19/h3-8H,9-10H2,1-2H3,(H,20,21). The van der Waals surface area contributed by atoms with E-state index in [-0.39, 0.29) is 5.91 Å². The molecule has 0 aliphatic heterocycles. The summed E-state index contributed by atoms with van der Waals surface area (Å²) in [7, 11) is 3.17. The Kier molecular flexibility index (Phi) is 6.28. The van der Waals surface area contributed by atoms with Crippen molar-refractivity contribution >= 4 is 29.1 Å². The first-order chi connectivity index (χ1) is 11.0. The van der Waals surface area contributed by atoms with Crippen molar-refractivity contribution in [3.05, 3.63) is 63.1 Å². The number of carbonyl (C=O) groups is 1. The highest BCUT2D eigenvalue weighted by Gasteiger charge is 2.11. The molecule has 6 heteroatoms. The van der Waals surface area contributed by atoms with Gasteiger partial charge >= 0.3 is 0 Å². The fourth-order valence-electron chi connectivity index (χ4n) is 2.13. The number of ether oxygens (including phenoxy) is 2. The second-order valence-corrected chi connectivity index (χ2v) is 5.72. The van der Waals surface area contributed by atoms with E-state index in [1.165, 1.54) is 0 Å². The van der Waals surface area contributed by atoms with E-state index >= 15 is 0 Å². The second-order valence-electron chi connectivity index (χ2n) is 4.88. The van der Waals surface area contributed by atoms with E-state index in [1.807, 2.05) is 0 Å². The molecule has 2 aromatic rings. The first kappa shape index (κ1) is 17.6. The molecule has 4 nitrogen and oxygen atoms in total. The van der Waals surface area contributed by atoms with Crippen molar-refractivity contribution in [1.29, 1.82) is 0 Å².